The number of halogens is 2. The van der Waals surface area contributed by atoms with Crippen LogP contribution in [0.5, 0.6) is 0 Å². The number of rotatable bonds is 2. The fraction of sp³-hybridized carbons (Fsp3) is 0.125. The molecule has 10 heteroatoms. The molecule has 6 N–H and O–H groups in total. The molecule has 0 fully saturated rings. The van der Waals surface area contributed by atoms with Crippen molar-refractivity contribution in [1.29, 1.82) is 0 Å². The second-order valence-corrected chi connectivity index (χ2v) is 5.92. The third-order valence-corrected chi connectivity index (χ3v) is 4.54. The van der Waals surface area contributed by atoms with Crippen LogP contribution in [0.4, 0.5) is 0 Å². The highest BCUT2D eigenvalue weighted by Gasteiger charge is 2.27. The number of hydrazine groups is 1. The predicted octanol–water partition coefficient (Wildman–Crippen LogP) is 0.355. The van der Waals surface area contributed by atoms with E-state index in [4.69, 9.17) is 40.6 Å². The van der Waals surface area contributed by atoms with Crippen LogP contribution in [0.3, 0.4) is 0 Å². The summed E-state index contributed by atoms with van der Waals surface area (Å²) in [5, 5.41) is 3.26. The van der Waals surface area contributed by atoms with Gasteiger partial charge in [-0.25, -0.2) is 5.84 Å². The second-order valence-electron chi connectivity index (χ2n) is 3.32. The fourth-order valence-electron chi connectivity index (χ4n) is 1.11. The van der Waals surface area contributed by atoms with Crippen molar-refractivity contribution in [2.24, 2.45) is 22.5 Å². The molecule has 18 heavy (non-hydrogen) atoms. The zero-order chi connectivity index (χ0) is 14.1. The van der Waals surface area contributed by atoms with Crippen LogP contribution < -0.4 is 17.4 Å². The number of guanidine groups is 1. The lowest BCUT2D eigenvalue weighted by molar-refractivity contribution is 0.529. The fourth-order valence-corrected chi connectivity index (χ4v) is 2.93. The average Bonchev–Trinajstić information content (AvgIpc) is 2.31. The van der Waals surface area contributed by atoms with E-state index in [1.807, 2.05) is 0 Å². The number of hydrogen-bond donors (Lipinski definition) is 3. The van der Waals surface area contributed by atoms with E-state index in [0.717, 1.165) is 0 Å². The number of nitrogens with two attached hydrogens (primary N) is 3. The van der Waals surface area contributed by atoms with Crippen LogP contribution in [0.1, 0.15) is 5.56 Å². The van der Waals surface area contributed by atoms with Crippen LogP contribution in [0, 0.1) is 6.92 Å². The van der Waals surface area contributed by atoms with Gasteiger partial charge in [-0.3, -0.25) is 0 Å². The van der Waals surface area contributed by atoms with E-state index in [9.17, 15) is 8.42 Å². The number of hydrazone groups is 1. The Labute approximate surface area is 114 Å². The van der Waals surface area contributed by atoms with Crippen molar-refractivity contribution in [1.82, 2.24) is 4.41 Å². The van der Waals surface area contributed by atoms with Gasteiger partial charge in [0.2, 0.25) is 5.96 Å². The summed E-state index contributed by atoms with van der Waals surface area (Å²) in [6.45, 7) is 1.62. The van der Waals surface area contributed by atoms with Crippen LogP contribution >= 0.6 is 23.2 Å². The first-order valence-corrected chi connectivity index (χ1v) is 6.70. The van der Waals surface area contributed by atoms with E-state index in [1.165, 1.54) is 12.1 Å². The zero-order valence-corrected chi connectivity index (χ0v) is 11.6. The molecule has 0 aliphatic heterocycles. The lowest BCUT2D eigenvalue weighted by Gasteiger charge is -2.18. The number of nitrogens with zero attached hydrogens (tertiary/aromatic N) is 2. The molecular weight excluding hydrogens is 301 g/mol. The van der Waals surface area contributed by atoms with E-state index in [2.05, 4.69) is 5.10 Å². The molecule has 0 heterocycles. The third kappa shape index (κ3) is 2.61. The monoisotopic (exact) mass is 311 g/mol. The minimum Gasteiger partial charge on any atom is -0.366 e. The summed E-state index contributed by atoms with van der Waals surface area (Å²) in [7, 11) is -4.14. The molecule has 0 bridgehead atoms. The van der Waals surface area contributed by atoms with Crippen LogP contribution in [-0.4, -0.2) is 18.8 Å². The van der Waals surface area contributed by atoms with Gasteiger partial charge in [-0.05, 0) is 24.6 Å². The van der Waals surface area contributed by atoms with Crippen molar-refractivity contribution in [3.05, 3.63) is 27.7 Å². The van der Waals surface area contributed by atoms with Gasteiger partial charge in [0.15, 0.2) is 0 Å². The van der Waals surface area contributed by atoms with E-state index in [0.29, 0.717) is 10.6 Å². The summed E-state index contributed by atoms with van der Waals surface area (Å²) in [5.41, 5.74) is 5.76. The van der Waals surface area contributed by atoms with Crippen molar-refractivity contribution in [3.8, 4) is 0 Å². The molecule has 7 nitrogen and oxygen atoms in total. The van der Waals surface area contributed by atoms with Crippen molar-refractivity contribution >= 4 is 39.2 Å². The first-order chi connectivity index (χ1) is 8.21. The Morgan fingerprint density at radius 3 is 2.39 bits per heavy atom. The molecule has 1 aromatic carbocycles. The smallest absolute Gasteiger partial charge is 0.281 e. The Hall–Kier alpha value is -1.22. The van der Waals surface area contributed by atoms with Crippen LogP contribution in [0.2, 0.25) is 10.0 Å². The Bertz CT molecular complexity index is 602. The normalized spacial score (nSPS) is 12.6. The molecule has 0 aliphatic rings. The van der Waals surface area contributed by atoms with E-state index >= 15 is 0 Å². The number of hydrogen-bond acceptors (Lipinski definition) is 5. The number of benzene rings is 1. The Morgan fingerprint density at radius 1 is 1.33 bits per heavy atom. The molecule has 1 aromatic rings. The lowest BCUT2D eigenvalue weighted by Crippen LogP contribution is -2.47. The maximum Gasteiger partial charge on any atom is 0.281 e. The maximum atomic E-state index is 12.1. The Kier molecular flexibility index (Phi) is 4.28. The number of sulfonamides is 1. The van der Waals surface area contributed by atoms with Gasteiger partial charge < -0.3 is 11.6 Å². The van der Waals surface area contributed by atoms with Gasteiger partial charge in [-0.1, -0.05) is 23.2 Å². The van der Waals surface area contributed by atoms with Crippen molar-refractivity contribution in [2.75, 3.05) is 0 Å². The SMILES string of the molecule is Cc1cc(S(=O)(=O)N(N)C(N)=NN)c(Cl)cc1Cl. The summed E-state index contributed by atoms with van der Waals surface area (Å²) < 4.78 is 24.4. The van der Waals surface area contributed by atoms with Gasteiger partial charge in [0.25, 0.3) is 10.0 Å². The Balaban J connectivity index is 3.43. The summed E-state index contributed by atoms with van der Waals surface area (Å²) in [5.74, 6) is 9.60. The lowest BCUT2D eigenvalue weighted by atomic mass is 10.2. The molecule has 0 spiro atoms. The molecule has 0 atom stereocenters. The molecule has 0 saturated heterocycles. The minimum atomic E-state index is -4.14. The summed E-state index contributed by atoms with van der Waals surface area (Å²) >= 11 is 11.6. The van der Waals surface area contributed by atoms with Crippen molar-refractivity contribution in [3.63, 3.8) is 0 Å². The molecule has 100 valence electrons. The minimum absolute atomic E-state index is 0.0779. The van der Waals surface area contributed by atoms with E-state index in [1.54, 1.807) is 6.92 Å². The molecule has 0 unspecified atom stereocenters. The molecule has 0 amide bonds. The predicted molar refractivity (Wildman–Crippen MR) is 70.2 cm³/mol. The average molecular weight is 312 g/mol. The van der Waals surface area contributed by atoms with Crippen molar-refractivity contribution in [2.45, 2.75) is 11.8 Å². The maximum absolute atomic E-state index is 12.1. The highest BCUT2D eigenvalue weighted by atomic mass is 35.5. The van der Waals surface area contributed by atoms with Gasteiger partial charge in [0.1, 0.15) is 4.90 Å². The standard InChI is InChI=1S/C8H11Cl2N5O2S/c1-4-2-7(6(10)3-5(4)9)18(16,17)15(13)8(11)14-12/h2-3H,12-13H2,1H3,(H2,11,14). The van der Waals surface area contributed by atoms with Gasteiger partial charge in [-0.15, -0.1) is 5.10 Å². The van der Waals surface area contributed by atoms with Crippen LogP contribution in [-0.2, 0) is 10.0 Å². The quantitative estimate of drug-likeness (QED) is 0.314. The largest absolute Gasteiger partial charge is 0.366 e. The molecule has 0 aromatic heterocycles. The van der Waals surface area contributed by atoms with Gasteiger partial charge in [-0.2, -0.15) is 12.8 Å². The van der Waals surface area contributed by atoms with E-state index in [-0.39, 0.29) is 14.3 Å². The first-order valence-electron chi connectivity index (χ1n) is 4.50. The summed E-state index contributed by atoms with van der Waals surface area (Å²) in [6, 6.07) is 2.58. The van der Waals surface area contributed by atoms with E-state index < -0.39 is 16.0 Å². The molecule has 0 saturated carbocycles. The van der Waals surface area contributed by atoms with Gasteiger partial charge in [0, 0.05) is 5.02 Å². The Morgan fingerprint density at radius 2 is 1.89 bits per heavy atom. The highest BCUT2D eigenvalue weighted by Crippen LogP contribution is 2.29. The van der Waals surface area contributed by atoms with Crippen LogP contribution in [0.15, 0.2) is 22.1 Å². The third-order valence-electron chi connectivity index (χ3n) is 2.11. The van der Waals surface area contributed by atoms with Gasteiger partial charge in [0.05, 0.1) is 5.02 Å². The summed E-state index contributed by atoms with van der Waals surface area (Å²) in [6.07, 6.45) is 0. The first kappa shape index (κ1) is 14.8. The molecule has 1 rings (SSSR count). The second kappa shape index (κ2) is 5.19. The topological polar surface area (TPSA) is 128 Å². The van der Waals surface area contributed by atoms with Crippen molar-refractivity contribution < 1.29 is 8.42 Å². The molecular formula is C8H11Cl2N5O2S. The molecule has 0 aliphatic carbocycles. The zero-order valence-electron chi connectivity index (χ0n) is 9.26. The van der Waals surface area contributed by atoms with Crippen LogP contribution in [0.25, 0.3) is 0 Å². The number of aryl methyl sites for hydroxylation is 1. The highest BCUT2D eigenvalue weighted by molar-refractivity contribution is 7.89. The van der Waals surface area contributed by atoms with Gasteiger partial charge >= 0.3 is 0 Å². The molecule has 0 radical (unpaired) electrons. The summed E-state index contributed by atoms with van der Waals surface area (Å²) in [4.78, 5) is -0.236.